The van der Waals surface area contributed by atoms with E-state index in [2.05, 4.69) is 0 Å². The van der Waals surface area contributed by atoms with Crippen molar-refractivity contribution in [1.29, 1.82) is 0 Å². The third-order valence-electron chi connectivity index (χ3n) is 4.94. The number of thiophene rings is 1. The number of rotatable bonds is 2. The van der Waals surface area contributed by atoms with Crippen LogP contribution >= 0.6 is 11.3 Å². The Bertz CT molecular complexity index is 857. The fourth-order valence-electron chi connectivity index (χ4n) is 3.66. The fourth-order valence-corrected chi connectivity index (χ4v) is 4.91. The van der Waals surface area contributed by atoms with Gasteiger partial charge < -0.3 is 0 Å². The highest BCUT2D eigenvalue weighted by molar-refractivity contribution is 7.25. The van der Waals surface area contributed by atoms with Crippen molar-refractivity contribution in [2.45, 2.75) is 39.0 Å². The summed E-state index contributed by atoms with van der Waals surface area (Å²) in [7, 11) is 0. The summed E-state index contributed by atoms with van der Waals surface area (Å²) in [6, 6.07) is 7.55. The SMILES string of the molecule is Cc1ccc2c(sc3c(F)c(CC4CCCC4)ccc32)c1F. The maximum atomic E-state index is 14.9. The maximum absolute atomic E-state index is 14.9. The molecule has 1 fully saturated rings. The van der Waals surface area contributed by atoms with Gasteiger partial charge in [0.15, 0.2) is 0 Å². The molecule has 1 aliphatic rings. The van der Waals surface area contributed by atoms with Gasteiger partial charge in [-0.2, -0.15) is 0 Å². The Labute approximate surface area is 132 Å². The Morgan fingerprint density at radius 2 is 1.59 bits per heavy atom. The second-order valence-electron chi connectivity index (χ2n) is 6.45. The summed E-state index contributed by atoms with van der Waals surface area (Å²) in [5.41, 5.74) is 1.41. The molecule has 3 heteroatoms. The van der Waals surface area contributed by atoms with Crippen LogP contribution in [0.5, 0.6) is 0 Å². The molecule has 0 saturated heterocycles. The molecule has 0 bridgehead atoms. The molecule has 1 saturated carbocycles. The Kier molecular flexibility index (Phi) is 3.41. The van der Waals surface area contributed by atoms with Gasteiger partial charge in [-0.05, 0) is 30.4 Å². The fraction of sp³-hybridized carbons (Fsp3) is 0.368. The van der Waals surface area contributed by atoms with Gasteiger partial charge in [0, 0.05) is 10.8 Å². The normalized spacial score (nSPS) is 16.1. The molecule has 114 valence electrons. The molecule has 0 aliphatic heterocycles. The summed E-state index contributed by atoms with van der Waals surface area (Å²) in [5.74, 6) is 0.262. The van der Waals surface area contributed by atoms with Crippen molar-refractivity contribution in [2.24, 2.45) is 5.92 Å². The molecule has 0 spiro atoms. The van der Waals surface area contributed by atoms with Crippen molar-refractivity contribution in [3.8, 4) is 0 Å². The summed E-state index contributed by atoms with van der Waals surface area (Å²) in [6.07, 6.45) is 5.76. The van der Waals surface area contributed by atoms with E-state index in [4.69, 9.17) is 0 Å². The summed E-state index contributed by atoms with van der Waals surface area (Å²) in [6.45, 7) is 1.75. The van der Waals surface area contributed by atoms with Crippen LogP contribution in [0.25, 0.3) is 20.2 Å². The number of halogens is 2. The van der Waals surface area contributed by atoms with Gasteiger partial charge in [-0.3, -0.25) is 0 Å². The molecule has 0 nitrogen and oxygen atoms in total. The van der Waals surface area contributed by atoms with Gasteiger partial charge in [0.05, 0.1) is 9.40 Å². The van der Waals surface area contributed by atoms with Crippen LogP contribution in [0.15, 0.2) is 24.3 Å². The van der Waals surface area contributed by atoms with E-state index >= 15 is 0 Å². The van der Waals surface area contributed by atoms with Crippen LogP contribution in [0.1, 0.15) is 36.8 Å². The number of benzene rings is 2. The Balaban J connectivity index is 1.87. The molecule has 1 aliphatic carbocycles. The first-order valence-electron chi connectivity index (χ1n) is 7.94. The Morgan fingerprint density at radius 1 is 0.955 bits per heavy atom. The smallest absolute Gasteiger partial charge is 0.144 e. The number of fused-ring (bicyclic) bond motifs is 3. The molecule has 1 aromatic heterocycles. The van der Waals surface area contributed by atoms with Crippen LogP contribution in [0, 0.1) is 24.5 Å². The second-order valence-corrected chi connectivity index (χ2v) is 7.47. The summed E-state index contributed by atoms with van der Waals surface area (Å²) < 4.78 is 30.3. The molecular weight excluding hydrogens is 298 g/mol. The molecular formula is C19H18F2S. The molecule has 0 atom stereocenters. The number of hydrogen-bond acceptors (Lipinski definition) is 1. The second kappa shape index (κ2) is 5.31. The zero-order chi connectivity index (χ0) is 15.3. The molecule has 4 rings (SSSR count). The highest BCUT2D eigenvalue weighted by Crippen LogP contribution is 2.39. The predicted molar refractivity (Wildman–Crippen MR) is 89.6 cm³/mol. The predicted octanol–water partition coefficient (Wildman–Crippen LogP) is 6.37. The van der Waals surface area contributed by atoms with Crippen molar-refractivity contribution in [2.75, 3.05) is 0 Å². The van der Waals surface area contributed by atoms with Gasteiger partial charge in [0.2, 0.25) is 0 Å². The molecule has 1 heterocycles. The van der Waals surface area contributed by atoms with E-state index in [9.17, 15) is 8.78 Å². The zero-order valence-corrected chi connectivity index (χ0v) is 13.4. The highest BCUT2D eigenvalue weighted by atomic mass is 32.1. The lowest BCUT2D eigenvalue weighted by molar-refractivity contribution is 0.524. The van der Waals surface area contributed by atoms with Crippen LogP contribution < -0.4 is 0 Å². The number of hydrogen-bond donors (Lipinski definition) is 0. The quantitative estimate of drug-likeness (QED) is 0.515. The minimum Gasteiger partial charge on any atom is -0.205 e. The summed E-state index contributed by atoms with van der Waals surface area (Å²) >= 11 is 1.25. The molecule has 2 aromatic carbocycles. The van der Waals surface area contributed by atoms with Gasteiger partial charge >= 0.3 is 0 Å². The molecule has 0 radical (unpaired) electrons. The van der Waals surface area contributed by atoms with E-state index in [-0.39, 0.29) is 11.6 Å². The lowest BCUT2D eigenvalue weighted by Gasteiger charge is -2.10. The van der Waals surface area contributed by atoms with Crippen LogP contribution in [-0.4, -0.2) is 0 Å². The molecule has 3 aromatic rings. The van der Waals surface area contributed by atoms with Gasteiger partial charge in [-0.1, -0.05) is 49.9 Å². The lowest BCUT2D eigenvalue weighted by atomic mass is 9.97. The maximum Gasteiger partial charge on any atom is 0.144 e. The van der Waals surface area contributed by atoms with Gasteiger partial charge in [-0.15, -0.1) is 11.3 Å². The minimum atomic E-state index is -0.213. The lowest BCUT2D eigenvalue weighted by Crippen LogP contribution is -2.01. The van der Waals surface area contributed by atoms with E-state index < -0.39 is 0 Å². The molecule has 0 unspecified atom stereocenters. The largest absolute Gasteiger partial charge is 0.205 e. The van der Waals surface area contributed by atoms with Crippen LogP contribution in [0.4, 0.5) is 8.78 Å². The first-order valence-corrected chi connectivity index (χ1v) is 8.75. The third kappa shape index (κ3) is 2.14. The van der Waals surface area contributed by atoms with E-state index in [1.807, 2.05) is 18.2 Å². The average Bonchev–Trinajstić information content (AvgIpc) is 3.14. The minimum absolute atomic E-state index is 0.136. The standard InChI is InChI=1S/C19H18F2S/c1-11-6-8-14-15-9-7-13(10-12-4-2-3-5-12)17(21)19(15)22-18(14)16(11)20/h6-9,12H,2-5,10H2,1H3. The average molecular weight is 316 g/mol. The van der Waals surface area contributed by atoms with Crippen LogP contribution in [-0.2, 0) is 6.42 Å². The number of aryl methyl sites for hydroxylation is 1. The monoisotopic (exact) mass is 316 g/mol. The van der Waals surface area contributed by atoms with E-state index in [0.717, 1.165) is 22.8 Å². The first kappa shape index (κ1) is 14.1. The van der Waals surface area contributed by atoms with Gasteiger partial charge in [0.1, 0.15) is 11.6 Å². The Hall–Kier alpha value is -1.48. The van der Waals surface area contributed by atoms with Crippen molar-refractivity contribution < 1.29 is 8.78 Å². The van der Waals surface area contributed by atoms with E-state index in [1.54, 1.807) is 13.0 Å². The molecule has 0 amide bonds. The first-order chi connectivity index (χ1) is 10.6. The third-order valence-corrected chi connectivity index (χ3v) is 6.15. The van der Waals surface area contributed by atoms with E-state index in [0.29, 0.717) is 20.9 Å². The summed E-state index contributed by atoms with van der Waals surface area (Å²) in [4.78, 5) is 0. The van der Waals surface area contributed by atoms with Crippen molar-refractivity contribution >= 4 is 31.5 Å². The van der Waals surface area contributed by atoms with Gasteiger partial charge in [-0.25, -0.2) is 8.78 Å². The Morgan fingerprint density at radius 3 is 2.32 bits per heavy atom. The molecule has 22 heavy (non-hydrogen) atoms. The topological polar surface area (TPSA) is 0 Å². The van der Waals surface area contributed by atoms with Crippen molar-refractivity contribution in [3.63, 3.8) is 0 Å². The molecule has 0 N–H and O–H groups in total. The van der Waals surface area contributed by atoms with Crippen molar-refractivity contribution in [1.82, 2.24) is 0 Å². The van der Waals surface area contributed by atoms with E-state index in [1.165, 1.54) is 37.0 Å². The summed E-state index contributed by atoms with van der Waals surface area (Å²) in [5, 5.41) is 1.67. The van der Waals surface area contributed by atoms with Crippen LogP contribution in [0.2, 0.25) is 0 Å². The highest BCUT2D eigenvalue weighted by Gasteiger charge is 2.20. The zero-order valence-electron chi connectivity index (χ0n) is 12.6. The van der Waals surface area contributed by atoms with Crippen molar-refractivity contribution in [3.05, 3.63) is 47.0 Å². The van der Waals surface area contributed by atoms with Crippen LogP contribution in [0.3, 0.4) is 0 Å². The van der Waals surface area contributed by atoms with Gasteiger partial charge in [0.25, 0.3) is 0 Å².